The molecule has 3 aromatic rings. The molecule has 0 saturated carbocycles. The zero-order valence-electron chi connectivity index (χ0n) is 15.0. The fourth-order valence-electron chi connectivity index (χ4n) is 2.64. The number of benzene rings is 2. The Morgan fingerprint density at radius 1 is 1.00 bits per heavy atom. The van der Waals surface area contributed by atoms with Crippen LogP contribution in [0.1, 0.15) is 28.5 Å². The Bertz CT molecular complexity index is 894. The van der Waals surface area contributed by atoms with Gasteiger partial charge in [-0.1, -0.05) is 42.5 Å². The number of aromatic nitrogens is 2. The maximum absolute atomic E-state index is 11.5. The van der Waals surface area contributed by atoms with E-state index in [4.69, 9.17) is 0 Å². The summed E-state index contributed by atoms with van der Waals surface area (Å²) in [6, 6.07) is 19.6. The quantitative estimate of drug-likeness (QED) is 0.621. The van der Waals surface area contributed by atoms with Crippen LogP contribution in [0.4, 0.5) is 17.5 Å². The van der Waals surface area contributed by atoms with E-state index in [1.165, 1.54) is 5.56 Å². The van der Waals surface area contributed by atoms with E-state index in [9.17, 15) is 4.79 Å². The van der Waals surface area contributed by atoms with Gasteiger partial charge in [-0.3, -0.25) is 4.79 Å². The van der Waals surface area contributed by atoms with Crippen molar-refractivity contribution < 1.29 is 4.79 Å². The zero-order chi connectivity index (χ0) is 18.4. The van der Waals surface area contributed by atoms with E-state index in [0.717, 1.165) is 24.3 Å². The second-order valence-electron chi connectivity index (χ2n) is 6.14. The van der Waals surface area contributed by atoms with Crippen molar-refractivity contribution in [2.45, 2.75) is 20.3 Å². The lowest BCUT2D eigenvalue weighted by atomic mass is 10.1. The molecule has 0 bridgehead atoms. The Labute approximate surface area is 153 Å². The van der Waals surface area contributed by atoms with E-state index in [-0.39, 0.29) is 5.78 Å². The highest BCUT2D eigenvalue weighted by Crippen LogP contribution is 2.18. The lowest BCUT2D eigenvalue weighted by Gasteiger charge is -2.10. The summed E-state index contributed by atoms with van der Waals surface area (Å²) in [6.45, 7) is 4.25. The highest BCUT2D eigenvalue weighted by molar-refractivity contribution is 5.95. The Balaban J connectivity index is 1.67. The second kappa shape index (κ2) is 8.25. The van der Waals surface area contributed by atoms with E-state index in [1.807, 2.05) is 49.4 Å². The van der Waals surface area contributed by atoms with Crippen molar-refractivity contribution in [3.63, 3.8) is 0 Å². The lowest BCUT2D eigenvalue weighted by molar-refractivity contribution is 0.101. The molecule has 1 aromatic heterocycles. The molecule has 1 heterocycles. The van der Waals surface area contributed by atoms with Crippen LogP contribution in [0.5, 0.6) is 0 Å². The van der Waals surface area contributed by atoms with E-state index in [0.29, 0.717) is 17.3 Å². The average Bonchev–Trinajstić information content (AvgIpc) is 2.62. The molecule has 3 rings (SSSR count). The van der Waals surface area contributed by atoms with Crippen LogP contribution in [0.2, 0.25) is 0 Å². The molecule has 132 valence electrons. The third-order valence-corrected chi connectivity index (χ3v) is 3.94. The first-order chi connectivity index (χ1) is 12.6. The van der Waals surface area contributed by atoms with Crippen LogP contribution in [0, 0.1) is 6.92 Å². The van der Waals surface area contributed by atoms with Gasteiger partial charge in [0, 0.05) is 29.6 Å². The van der Waals surface area contributed by atoms with Crippen molar-refractivity contribution in [1.82, 2.24) is 9.97 Å². The van der Waals surface area contributed by atoms with Crippen molar-refractivity contribution in [1.29, 1.82) is 0 Å². The van der Waals surface area contributed by atoms with Crippen LogP contribution in [0.3, 0.4) is 0 Å². The number of nitrogens with zero attached hydrogens (tertiary/aromatic N) is 2. The van der Waals surface area contributed by atoms with Crippen molar-refractivity contribution >= 4 is 23.2 Å². The largest absolute Gasteiger partial charge is 0.354 e. The van der Waals surface area contributed by atoms with Crippen LogP contribution in [0.25, 0.3) is 0 Å². The van der Waals surface area contributed by atoms with Gasteiger partial charge in [0.25, 0.3) is 0 Å². The first kappa shape index (κ1) is 17.6. The fourth-order valence-corrected chi connectivity index (χ4v) is 2.64. The second-order valence-corrected chi connectivity index (χ2v) is 6.14. The molecule has 0 atom stereocenters. The van der Waals surface area contributed by atoms with Gasteiger partial charge < -0.3 is 10.6 Å². The Morgan fingerprint density at radius 2 is 1.81 bits per heavy atom. The Kier molecular flexibility index (Phi) is 5.59. The van der Waals surface area contributed by atoms with Gasteiger partial charge in [0.15, 0.2) is 5.78 Å². The van der Waals surface area contributed by atoms with Gasteiger partial charge in [-0.2, -0.15) is 4.98 Å². The molecule has 0 unspecified atom stereocenters. The van der Waals surface area contributed by atoms with E-state index < -0.39 is 0 Å². The molecular weight excluding hydrogens is 324 g/mol. The van der Waals surface area contributed by atoms with Crippen molar-refractivity contribution in [3.8, 4) is 0 Å². The third-order valence-electron chi connectivity index (χ3n) is 3.94. The van der Waals surface area contributed by atoms with E-state index >= 15 is 0 Å². The van der Waals surface area contributed by atoms with Gasteiger partial charge in [-0.05, 0) is 38.0 Å². The molecular formula is C21H22N4O. The number of carbonyl (C=O) groups excluding carboxylic acids is 1. The topological polar surface area (TPSA) is 66.9 Å². The van der Waals surface area contributed by atoms with Crippen LogP contribution < -0.4 is 10.6 Å². The molecule has 0 aliphatic heterocycles. The highest BCUT2D eigenvalue weighted by Gasteiger charge is 2.05. The summed E-state index contributed by atoms with van der Waals surface area (Å²) in [5.74, 6) is 1.32. The first-order valence-electron chi connectivity index (χ1n) is 8.62. The molecule has 0 fully saturated rings. The number of aryl methyl sites for hydroxylation is 1. The maximum atomic E-state index is 11.5. The molecule has 5 nitrogen and oxygen atoms in total. The van der Waals surface area contributed by atoms with Crippen LogP contribution >= 0.6 is 0 Å². The van der Waals surface area contributed by atoms with Gasteiger partial charge >= 0.3 is 0 Å². The number of hydrogen-bond donors (Lipinski definition) is 2. The molecule has 0 spiro atoms. The molecule has 2 N–H and O–H groups in total. The van der Waals surface area contributed by atoms with Crippen LogP contribution in [0.15, 0.2) is 60.7 Å². The molecule has 0 aliphatic carbocycles. The summed E-state index contributed by atoms with van der Waals surface area (Å²) < 4.78 is 0. The summed E-state index contributed by atoms with van der Waals surface area (Å²) in [5, 5.41) is 6.52. The summed E-state index contributed by atoms with van der Waals surface area (Å²) in [5.41, 5.74) is 3.63. The zero-order valence-corrected chi connectivity index (χ0v) is 15.0. The molecule has 0 saturated heterocycles. The predicted octanol–water partition coefficient (Wildman–Crippen LogP) is 4.39. The average molecular weight is 346 g/mol. The molecule has 0 radical (unpaired) electrons. The molecule has 0 amide bonds. The van der Waals surface area contributed by atoms with E-state index in [2.05, 4.69) is 32.7 Å². The molecule has 5 heteroatoms. The summed E-state index contributed by atoms with van der Waals surface area (Å²) in [6.07, 6.45) is 0.904. The van der Waals surface area contributed by atoms with Gasteiger partial charge in [0.2, 0.25) is 5.95 Å². The minimum absolute atomic E-state index is 0.0378. The first-order valence-corrected chi connectivity index (χ1v) is 8.62. The number of anilines is 3. The SMILES string of the molecule is CC(=O)c1cccc(Nc2cc(C)nc(NCCc3ccccc3)n2)c1. The number of ketones is 1. The van der Waals surface area contributed by atoms with Gasteiger partial charge in [-0.15, -0.1) is 0 Å². The number of rotatable bonds is 7. The maximum Gasteiger partial charge on any atom is 0.224 e. The standard InChI is InChI=1S/C21H22N4O/c1-15-13-20(24-19-10-6-9-18(14-19)16(2)26)25-21(23-15)22-12-11-17-7-4-3-5-8-17/h3-10,13-14H,11-12H2,1-2H3,(H2,22,23,24,25). The third kappa shape index (κ3) is 4.89. The fraction of sp³-hybridized carbons (Fsp3) is 0.190. The van der Waals surface area contributed by atoms with Gasteiger partial charge in [-0.25, -0.2) is 4.98 Å². The van der Waals surface area contributed by atoms with Crippen LogP contribution in [-0.4, -0.2) is 22.3 Å². The predicted molar refractivity (Wildman–Crippen MR) is 105 cm³/mol. The summed E-state index contributed by atoms with van der Waals surface area (Å²) in [7, 11) is 0. The number of carbonyl (C=O) groups is 1. The van der Waals surface area contributed by atoms with Crippen molar-refractivity contribution in [2.24, 2.45) is 0 Å². The van der Waals surface area contributed by atoms with Crippen LogP contribution in [-0.2, 0) is 6.42 Å². The monoisotopic (exact) mass is 346 g/mol. The molecule has 2 aromatic carbocycles. The normalized spacial score (nSPS) is 10.4. The van der Waals surface area contributed by atoms with Crippen molar-refractivity contribution in [3.05, 3.63) is 77.5 Å². The van der Waals surface area contributed by atoms with Crippen molar-refractivity contribution in [2.75, 3.05) is 17.2 Å². The summed E-state index contributed by atoms with van der Waals surface area (Å²) >= 11 is 0. The number of hydrogen-bond acceptors (Lipinski definition) is 5. The highest BCUT2D eigenvalue weighted by atomic mass is 16.1. The smallest absolute Gasteiger partial charge is 0.224 e. The van der Waals surface area contributed by atoms with Gasteiger partial charge in [0.1, 0.15) is 5.82 Å². The molecule has 26 heavy (non-hydrogen) atoms. The minimum atomic E-state index is 0.0378. The Hall–Kier alpha value is -3.21. The van der Waals surface area contributed by atoms with Gasteiger partial charge in [0.05, 0.1) is 0 Å². The lowest BCUT2D eigenvalue weighted by Crippen LogP contribution is -2.09. The van der Waals surface area contributed by atoms with E-state index in [1.54, 1.807) is 13.0 Å². The molecule has 0 aliphatic rings. The minimum Gasteiger partial charge on any atom is -0.354 e. The summed E-state index contributed by atoms with van der Waals surface area (Å²) in [4.78, 5) is 20.5. The Morgan fingerprint density at radius 3 is 2.58 bits per heavy atom. The number of nitrogens with one attached hydrogen (secondary N) is 2. The number of Topliss-reactive ketones (excluding diaryl/α,β-unsaturated/α-hetero) is 1.